The quantitative estimate of drug-likeness (QED) is 0.129. The van der Waals surface area contributed by atoms with E-state index >= 15 is 0 Å². The molecule has 28 heavy (non-hydrogen) atoms. The molecule has 0 saturated heterocycles. The highest BCUT2D eigenvalue weighted by molar-refractivity contribution is 8.76. The average molecular weight is 435 g/mol. The van der Waals surface area contributed by atoms with Crippen LogP contribution in [0.1, 0.15) is 91.9 Å². The first-order chi connectivity index (χ1) is 13.4. The lowest BCUT2D eigenvalue weighted by Gasteiger charge is -2.07. The lowest BCUT2D eigenvalue weighted by Crippen LogP contribution is -2.07. The van der Waals surface area contributed by atoms with Crippen molar-refractivity contribution in [1.29, 1.82) is 0 Å². The maximum Gasteiger partial charge on any atom is 0.306 e. The second kappa shape index (κ2) is 19.9. The van der Waals surface area contributed by atoms with E-state index in [4.69, 9.17) is 9.47 Å². The zero-order valence-electron chi connectivity index (χ0n) is 18.5. The van der Waals surface area contributed by atoms with Crippen LogP contribution in [0.4, 0.5) is 0 Å². The number of carbonyl (C=O) groups is 2. The van der Waals surface area contributed by atoms with Crippen molar-refractivity contribution in [1.82, 2.24) is 0 Å². The smallest absolute Gasteiger partial charge is 0.306 e. The molecule has 0 atom stereocenters. The van der Waals surface area contributed by atoms with Crippen molar-refractivity contribution < 1.29 is 19.1 Å². The molecule has 0 heterocycles. The third kappa shape index (κ3) is 21.9. The Kier molecular flexibility index (Phi) is 19.7. The van der Waals surface area contributed by atoms with Crippen LogP contribution in [-0.2, 0) is 19.1 Å². The first kappa shape index (κ1) is 27.6. The summed E-state index contributed by atoms with van der Waals surface area (Å²) in [5.41, 5.74) is 0. The fourth-order valence-corrected chi connectivity index (χ4v) is 4.49. The van der Waals surface area contributed by atoms with Gasteiger partial charge in [-0.05, 0) is 24.7 Å². The van der Waals surface area contributed by atoms with Gasteiger partial charge < -0.3 is 9.47 Å². The topological polar surface area (TPSA) is 52.6 Å². The van der Waals surface area contributed by atoms with Gasteiger partial charge in [-0.25, -0.2) is 0 Å². The van der Waals surface area contributed by atoms with Crippen LogP contribution in [0.5, 0.6) is 0 Å². The highest BCUT2D eigenvalue weighted by Crippen LogP contribution is 2.23. The van der Waals surface area contributed by atoms with Crippen LogP contribution < -0.4 is 0 Å². The molecule has 0 aromatic heterocycles. The summed E-state index contributed by atoms with van der Waals surface area (Å²) in [5, 5.41) is 0. The minimum atomic E-state index is -0.117. The number of hydrogen-bond donors (Lipinski definition) is 0. The highest BCUT2D eigenvalue weighted by atomic mass is 33.1. The molecule has 0 aromatic carbocycles. The van der Waals surface area contributed by atoms with Crippen molar-refractivity contribution in [3.63, 3.8) is 0 Å². The summed E-state index contributed by atoms with van der Waals surface area (Å²) in [4.78, 5) is 23.3. The summed E-state index contributed by atoms with van der Waals surface area (Å²) in [5.74, 6) is 2.71. The van der Waals surface area contributed by atoms with Crippen molar-refractivity contribution in [2.24, 2.45) is 11.8 Å². The molecule has 0 aromatic rings. The molecule has 0 spiro atoms. The molecule has 0 fully saturated rings. The van der Waals surface area contributed by atoms with Crippen LogP contribution in [0.2, 0.25) is 0 Å². The summed E-state index contributed by atoms with van der Waals surface area (Å²) < 4.78 is 10.5. The lowest BCUT2D eigenvalue weighted by molar-refractivity contribution is -0.144. The fourth-order valence-electron chi connectivity index (χ4n) is 2.55. The average Bonchev–Trinajstić information content (AvgIpc) is 2.63. The van der Waals surface area contributed by atoms with E-state index in [0.29, 0.717) is 26.1 Å². The third-order valence-corrected chi connectivity index (χ3v) is 6.65. The molecule has 0 radical (unpaired) electrons. The van der Waals surface area contributed by atoms with E-state index < -0.39 is 0 Å². The Hall–Kier alpha value is -0.360. The predicted molar refractivity (Wildman–Crippen MR) is 123 cm³/mol. The van der Waals surface area contributed by atoms with Crippen LogP contribution in [0.15, 0.2) is 0 Å². The van der Waals surface area contributed by atoms with Gasteiger partial charge in [-0.15, -0.1) is 0 Å². The zero-order valence-corrected chi connectivity index (χ0v) is 20.1. The van der Waals surface area contributed by atoms with Gasteiger partial charge in [0.25, 0.3) is 0 Å². The summed E-state index contributed by atoms with van der Waals surface area (Å²) in [7, 11) is 3.24. The SMILES string of the molecule is CC(C)CCCCCOC(=O)CCSSCCC(=O)OCCCCCC(C)C. The lowest BCUT2D eigenvalue weighted by atomic mass is 10.1. The van der Waals surface area contributed by atoms with E-state index in [2.05, 4.69) is 27.7 Å². The molecule has 0 amide bonds. The van der Waals surface area contributed by atoms with Gasteiger partial charge in [0.05, 0.1) is 26.1 Å². The second-order valence-electron chi connectivity index (χ2n) is 8.07. The molecule has 0 N–H and O–H groups in total. The number of esters is 2. The molecular formula is C22H42O4S2. The molecule has 0 unspecified atom stereocenters. The van der Waals surface area contributed by atoms with Crippen LogP contribution in [0, 0.1) is 11.8 Å². The molecule has 0 aliphatic heterocycles. The summed E-state index contributed by atoms with van der Waals surface area (Å²) in [6.07, 6.45) is 9.95. The van der Waals surface area contributed by atoms with Gasteiger partial charge in [-0.3, -0.25) is 9.59 Å². The van der Waals surface area contributed by atoms with E-state index in [1.165, 1.54) is 25.7 Å². The minimum Gasteiger partial charge on any atom is -0.466 e. The summed E-state index contributed by atoms with van der Waals surface area (Å²) in [6.45, 7) is 10.0. The zero-order chi connectivity index (χ0) is 21.0. The molecule has 166 valence electrons. The van der Waals surface area contributed by atoms with Gasteiger partial charge in [-0.2, -0.15) is 0 Å². The van der Waals surface area contributed by atoms with Crippen molar-refractivity contribution in [2.45, 2.75) is 91.9 Å². The standard InChI is InChI=1S/C22H42O4S2/c1-19(2)11-7-5-9-15-25-21(23)13-17-27-28-18-14-22(24)26-16-10-6-8-12-20(3)4/h19-20H,5-18H2,1-4H3. The largest absolute Gasteiger partial charge is 0.466 e. The van der Waals surface area contributed by atoms with Crippen molar-refractivity contribution in [3.8, 4) is 0 Å². The predicted octanol–water partition coefficient (Wildman–Crippen LogP) is 6.67. The maximum atomic E-state index is 11.6. The van der Waals surface area contributed by atoms with E-state index in [1.807, 2.05) is 0 Å². The summed E-state index contributed by atoms with van der Waals surface area (Å²) >= 11 is 0. The molecule has 0 aliphatic rings. The van der Waals surface area contributed by atoms with Crippen LogP contribution in [0.25, 0.3) is 0 Å². The number of hydrogen-bond acceptors (Lipinski definition) is 6. The van der Waals surface area contributed by atoms with Crippen LogP contribution in [-0.4, -0.2) is 36.7 Å². The van der Waals surface area contributed by atoms with Crippen molar-refractivity contribution >= 4 is 33.5 Å². The van der Waals surface area contributed by atoms with E-state index in [-0.39, 0.29) is 11.9 Å². The second-order valence-corrected chi connectivity index (χ2v) is 10.8. The Morgan fingerprint density at radius 1 is 0.643 bits per heavy atom. The molecule has 0 saturated carbocycles. The van der Waals surface area contributed by atoms with Crippen LogP contribution in [0.3, 0.4) is 0 Å². The molecule has 0 aliphatic carbocycles. The highest BCUT2D eigenvalue weighted by Gasteiger charge is 2.06. The van der Waals surface area contributed by atoms with Crippen LogP contribution >= 0.6 is 21.6 Å². The Morgan fingerprint density at radius 3 is 1.39 bits per heavy atom. The van der Waals surface area contributed by atoms with E-state index in [9.17, 15) is 9.59 Å². The molecule has 4 nitrogen and oxygen atoms in total. The Morgan fingerprint density at radius 2 is 1.04 bits per heavy atom. The van der Waals surface area contributed by atoms with Gasteiger partial charge in [0, 0.05) is 11.5 Å². The Balaban J connectivity index is 3.32. The van der Waals surface area contributed by atoms with Gasteiger partial charge in [0.15, 0.2) is 0 Å². The third-order valence-electron chi connectivity index (χ3n) is 4.24. The van der Waals surface area contributed by atoms with E-state index in [1.54, 1.807) is 21.6 Å². The summed E-state index contributed by atoms with van der Waals surface area (Å²) in [6, 6.07) is 0. The van der Waals surface area contributed by atoms with Gasteiger partial charge >= 0.3 is 11.9 Å². The number of rotatable bonds is 19. The molecule has 0 rings (SSSR count). The minimum absolute atomic E-state index is 0.117. The molecule has 6 heteroatoms. The van der Waals surface area contributed by atoms with E-state index in [0.717, 1.165) is 49.0 Å². The first-order valence-electron chi connectivity index (χ1n) is 11.0. The Bertz CT molecular complexity index is 351. The molecule has 0 bridgehead atoms. The number of unbranched alkanes of at least 4 members (excludes halogenated alkanes) is 4. The van der Waals surface area contributed by atoms with Gasteiger partial charge in [0.1, 0.15) is 0 Å². The molecular weight excluding hydrogens is 392 g/mol. The maximum absolute atomic E-state index is 11.6. The fraction of sp³-hybridized carbons (Fsp3) is 0.909. The monoisotopic (exact) mass is 434 g/mol. The first-order valence-corrected chi connectivity index (χ1v) is 13.5. The number of ether oxygens (including phenoxy) is 2. The van der Waals surface area contributed by atoms with Gasteiger partial charge in [-0.1, -0.05) is 87.8 Å². The van der Waals surface area contributed by atoms with Crippen molar-refractivity contribution in [3.05, 3.63) is 0 Å². The normalized spacial score (nSPS) is 11.2. The Labute approximate surface area is 181 Å². The van der Waals surface area contributed by atoms with Crippen molar-refractivity contribution in [2.75, 3.05) is 24.7 Å². The van der Waals surface area contributed by atoms with Gasteiger partial charge in [0.2, 0.25) is 0 Å². The number of carbonyl (C=O) groups excluding carboxylic acids is 2.